The Hall–Kier alpha value is -2.77. The standard InChI is InChI=1S/C18H20F2N6/c1-10-5-7-26(8-6-10)18-22-15(12-4-3-11(19)9-13(12)20)14-16(21)25(2)24-17(14)23-18/h3-4,9-10H,5-8,21H2,1-2H3. The number of aryl methyl sites for hydroxylation is 1. The molecule has 0 bridgehead atoms. The molecule has 0 unspecified atom stereocenters. The molecule has 3 aromatic rings. The van der Waals surface area contributed by atoms with Gasteiger partial charge in [0.2, 0.25) is 5.95 Å². The van der Waals surface area contributed by atoms with Crippen molar-refractivity contribution in [2.75, 3.05) is 23.7 Å². The molecule has 0 aliphatic carbocycles. The van der Waals surface area contributed by atoms with E-state index in [1.807, 2.05) is 0 Å². The first-order valence-electron chi connectivity index (χ1n) is 8.64. The molecule has 0 amide bonds. The van der Waals surface area contributed by atoms with Crippen LogP contribution < -0.4 is 10.6 Å². The lowest BCUT2D eigenvalue weighted by molar-refractivity contribution is 0.434. The molecule has 1 saturated heterocycles. The lowest BCUT2D eigenvalue weighted by Gasteiger charge is -2.30. The van der Waals surface area contributed by atoms with Gasteiger partial charge in [-0.25, -0.2) is 13.8 Å². The minimum absolute atomic E-state index is 0.185. The second-order valence-corrected chi connectivity index (χ2v) is 6.87. The van der Waals surface area contributed by atoms with Gasteiger partial charge in [-0.2, -0.15) is 10.1 Å². The van der Waals surface area contributed by atoms with Gasteiger partial charge in [0.1, 0.15) is 17.5 Å². The van der Waals surface area contributed by atoms with E-state index in [-0.39, 0.29) is 5.56 Å². The maximum absolute atomic E-state index is 14.4. The van der Waals surface area contributed by atoms with Gasteiger partial charge in [-0.15, -0.1) is 0 Å². The van der Waals surface area contributed by atoms with Gasteiger partial charge in [0.05, 0.1) is 11.1 Å². The number of fused-ring (bicyclic) bond motifs is 1. The normalized spacial score (nSPS) is 15.8. The molecular formula is C18H20F2N6. The van der Waals surface area contributed by atoms with Crippen LogP contribution in [0.15, 0.2) is 18.2 Å². The number of rotatable bonds is 2. The zero-order valence-corrected chi connectivity index (χ0v) is 14.7. The van der Waals surface area contributed by atoms with Crippen molar-refractivity contribution < 1.29 is 8.78 Å². The Morgan fingerprint density at radius 3 is 2.58 bits per heavy atom. The molecule has 1 aliphatic rings. The highest BCUT2D eigenvalue weighted by molar-refractivity contribution is 5.99. The number of benzene rings is 1. The van der Waals surface area contributed by atoms with Gasteiger partial charge in [-0.3, -0.25) is 4.68 Å². The molecule has 1 aromatic carbocycles. The van der Waals surface area contributed by atoms with Gasteiger partial charge in [0.15, 0.2) is 5.65 Å². The average Bonchev–Trinajstić information content (AvgIpc) is 2.89. The molecule has 0 radical (unpaired) electrons. The van der Waals surface area contributed by atoms with E-state index in [0.717, 1.165) is 32.0 Å². The molecule has 1 aliphatic heterocycles. The fourth-order valence-electron chi connectivity index (χ4n) is 3.33. The van der Waals surface area contributed by atoms with Crippen molar-refractivity contribution in [3.63, 3.8) is 0 Å². The maximum Gasteiger partial charge on any atom is 0.228 e. The van der Waals surface area contributed by atoms with Crippen LogP contribution in [0.4, 0.5) is 20.5 Å². The monoisotopic (exact) mass is 358 g/mol. The highest BCUT2D eigenvalue weighted by Gasteiger charge is 2.24. The predicted octanol–water partition coefficient (Wildman–Crippen LogP) is 3.13. The van der Waals surface area contributed by atoms with Crippen molar-refractivity contribution in [1.29, 1.82) is 0 Å². The van der Waals surface area contributed by atoms with Crippen LogP contribution >= 0.6 is 0 Å². The van der Waals surface area contributed by atoms with E-state index < -0.39 is 11.6 Å². The second-order valence-electron chi connectivity index (χ2n) is 6.87. The topological polar surface area (TPSA) is 72.9 Å². The van der Waals surface area contributed by atoms with E-state index >= 15 is 0 Å². The quantitative estimate of drug-likeness (QED) is 0.762. The summed E-state index contributed by atoms with van der Waals surface area (Å²) in [5, 5.41) is 4.81. The fraction of sp³-hybridized carbons (Fsp3) is 0.389. The Morgan fingerprint density at radius 1 is 1.15 bits per heavy atom. The van der Waals surface area contributed by atoms with Crippen molar-refractivity contribution >= 4 is 22.8 Å². The second kappa shape index (κ2) is 6.19. The molecule has 2 N–H and O–H groups in total. The minimum atomic E-state index is -0.688. The number of piperidine rings is 1. The number of hydrogen-bond donors (Lipinski definition) is 1. The third-order valence-electron chi connectivity index (χ3n) is 4.98. The zero-order valence-electron chi connectivity index (χ0n) is 14.7. The SMILES string of the molecule is CC1CCN(c2nc(-c3ccc(F)cc3F)c3c(N)n(C)nc3n2)CC1. The Labute approximate surface area is 149 Å². The summed E-state index contributed by atoms with van der Waals surface area (Å²) < 4.78 is 29.3. The van der Waals surface area contributed by atoms with Crippen LogP contribution in [-0.4, -0.2) is 32.8 Å². The van der Waals surface area contributed by atoms with Crippen molar-refractivity contribution in [3.05, 3.63) is 29.8 Å². The van der Waals surface area contributed by atoms with Crippen molar-refractivity contribution in [2.45, 2.75) is 19.8 Å². The summed E-state index contributed by atoms with van der Waals surface area (Å²) in [4.78, 5) is 11.2. The molecule has 6 nitrogen and oxygen atoms in total. The summed E-state index contributed by atoms with van der Waals surface area (Å²) in [5.74, 6) is 0.181. The molecule has 0 spiro atoms. The highest BCUT2D eigenvalue weighted by atomic mass is 19.1. The number of anilines is 2. The van der Waals surface area contributed by atoms with Crippen molar-refractivity contribution in [1.82, 2.24) is 19.7 Å². The number of halogens is 2. The Balaban J connectivity index is 1.91. The van der Waals surface area contributed by atoms with Gasteiger partial charge in [0.25, 0.3) is 0 Å². The molecule has 1 fully saturated rings. The molecule has 4 rings (SSSR count). The Bertz CT molecular complexity index is 975. The number of hydrogen-bond acceptors (Lipinski definition) is 5. The molecule has 0 saturated carbocycles. The van der Waals surface area contributed by atoms with Crippen LogP contribution in [0.1, 0.15) is 19.8 Å². The zero-order chi connectivity index (χ0) is 18.4. The van der Waals surface area contributed by atoms with Gasteiger partial charge in [-0.1, -0.05) is 6.92 Å². The van der Waals surface area contributed by atoms with Crippen LogP contribution in [0.2, 0.25) is 0 Å². The van der Waals surface area contributed by atoms with E-state index in [9.17, 15) is 8.78 Å². The van der Waals surface area contributed by atoms with Crippen LogP contribution in [0.25, 0.3) is 22.3 Å². The first kappa shape index (κ1) is 16.7. The van der Waals surface area contributed by atoms with Crippen molar-refractivity contribution in [2.24, 2.45) is 13.0 Å². The number of aromatic nitrogens is 4. The molecule has 3 heterocycles. The van der Waals surface area contributed by atoms with Crippen LogP contribution in [0.3, 0.4) is 0 Å². The summed E-state index contributed by atoms with van der Waals surface area (Å²) in [5.41, 5.74) is 7.05. The van der Waals surface area contributed by atoms with Gasteiger partial charge >= 0.3 is 0 Å². The fourth-order valence-corrected chi connectivity index (χ4v) is 3.33. The molecule has 26 heavy (non-hydrogen) atoms. The van der Waals surface area contributed by atoms with E-state index in [2.05, 4.69) is 26.9 Å². The predicted molar refractivity (Wildman–Crippen MR) is 96.7 cm³/mol. The summed E-state index contributed by atoms with van der Waals surface area (Å²) in [6.45, 7) is 3.89. The Kier molecular flexibility index (Phi) is 3.97. The first-order chi connectivity index (χ1) is 12.4. The molecule has 8 heteroatoms. The lowest BCUT2D eigenvalue weighted by Crippen LogP contribution is -2.34. The first-order valence-corrected chi connectivity index (χ1v) is 8.64. The third kappa shape index (κ3) is 2.75. The van der Waals surface area contributed by atoms with Crippen LogP contribution in [0.5, 0.6) is 0 Å². The largest absolute Gasteiger partial charge is 0.383 e. The maximum atomic E-state index is 14.4. The van der Waals surface area contributed by atoms with Crippen LogP contribution in [-0.2, 0) is 7.05 Å². The van der Waals surface area contributed by atoms with E-state index in [0.29, 0.717) is 34.4 Å². The Morgan fingerprint density at radius 2 is 1.88 bits per heavy atom. The smallest absolute Gasteiger partial charge is 0.228 e. The molecule has 0 atom stereocenters. The highest BCUT2D eigenvalue weighted by Crippen LogP contribution is 2.34. The van der Waals surface area contributed by atoms with Crippen LogP contribution in [0, 0.1) is 17.6 Å². The number of nitrogens with zero attached hydrogens (tertiary/aromatic N) is 5. The van der Waals surface area contributed by atoms with Gasteiger partial charge < -0.3 is 10.6 Å². The summed E-state index contributed by atoms with van der Waals surface area (Å²) in [6, 6.07) is 3.43. The van der Waals surface area contributed by atoms with E-state index in [1.54, 1.807) is 7.05 Å². The summed E-state index contributed by atoms with van der Waals surface area (Å²) in [6.07, 6.45) is 2.10. The third-order valence-corrected chi connectivity index (χ3v) is 4.98. The van der Waals surface area contributed by atoms with E-state index in [1.165, 1.54) is 16.8 Å². The average molecular weight is 358 g/mol. The number of nitrogen functional groups attached to an aromatic ring is 1. The van der Waals surface area contributed by atoms with Gasteiger partial charge in [0, 0.05) is 31.8 Å². The molecule has 2 aromatic heterocycles. The lowest BCUT2D eigenvalue weighted by atomic mass is 9.99. The minimum Gasteiger partial charge on any atom is -0.383 e. The number of nitrogens with two attached hydrogens (primary N) is 1. The van der Waals surface area contributed by atoms with Gasteiger partial charge in [-0.05, 0) is 30.9 Å². The van der Waals surface area contributed by atoms with Crippen molar-refractivity contribution in [3.8, 4) is 11.3 Å². The molecule has 136 valence electrons. The summed E-state index contributed by atoms with van der Waals surface area (Å²) in [7, 11) is 1.70. The molecular weight excluding hydrogens is 338 g/mol. The summed E-state index contributed by atoms with van der Waals surface area (Å²) >= 11 is 0. The van der Waals surface area contributed by atoms with E-state index in [4.69, 9.17) is 5.73 Å².